The molecule has 4 atom stereocenters. The molecule has 42 heavy (non-hydrogen) atoms. The second kappa shape index (κ2) is 12.7. The lowest BCUT2D eigenvalue weighted by Gasteiger charge is -2.30. The van der Waals surface area contributed by atoms with Gasteiger partial charge in [0.2, 0.25) is 5.91 Å². The molecule has 2 heterocycles. The summed E-state index contributed by atoms with van der Waals surface area (Å²) in [5.74, 6) is -2.26. The molecule has 12 nitrogen and oxygen atoms in total. The molecule has 0 unspecified atom stereocenters. The van der Waals surface area contributed by atoms with Gasteiger partial charge in [-0.2, -0.15) is 8.42 Å². The summed E-state index contributed by atoms with van der Waals surface area (Å²) in [6.45, 7) is 5.72. The van der Waals surface area contributed by atoms with Crippen molar-refractivity contribution < 1.29 is 32.3 Å². The molecule has 4 rings (SSSR count). The van der Waals surface area contributed by atoms with Crippen molar-refractivity contribution in [2.75, 3.05) is 11.3 Å². The molecule has 4 N–H and O–H groups in total. The van der Waals surface area contributed by atoms with E-state index in [4.69, 9.17) is 4.74 Å². The molecular formula is C29H41N5O7S. The predicted molar refractivity (Wildman–Crippen MR) is 156 cm³/mol. The van der Waals surface area contributed by atoms with Crippen molar-refractivity contribution >= 4 is 39.7 Å². The number of benzene rings is 1. The number of ether oxygens (including phenoxy) is 1. The molecule has 13 heteroatoms. The van der Waals surface area contributed by atoms with E-state index < -0.39 is 63.2 Å². The first-order valence-electron chi connectivity index (χ1n) is 14.5. The summed E-state index contributed by atoms with van der Waals surface area (Å²) in [5.41, 5.74) is -1.75. The van der Waals surface area contributed by atoms with Crippen molar-refractivity contribution in [3.8, 4) is 0 Å². The van der Waals surface area contributed by atoms with Gasteiger partial charge >= 0.3 is 16.3 Å². The molecular weight excluding hydrogens is 562 g/mol. The molecule has 2 fully saturated rings. The van der Waals surface area contributed by atoms with Crippen LogP contribution in [0.2, 0.25) is 0 Å². The van der Waals surface area contributed by atoms with E-state index in [0.717, 1.165) is 12.8 Å². The van der Waals surface area contributed by atoms with Gasteiger partial charge in [0, 0.05) is 18.0 Å². The lowest BCUT2D eigenvalue weighted by Crippen LogP contribution is -2.57. The van der Waals surface area contributed by atoms with Gasteiger partial charge in [-0.05, 0) is 77.8 Å². The molecule has 3 aliphatic rings. The van der Waals surface area contributed by atoms with E-state index in [1.54, 1.807) is 51.1 Å². The van der Waals surface area contributed by atoms with Gasteiger partial charge in [0.1, 0.15) is 11.6 Å². The van der Waals surface area contributed by atoms with Crippen LogP contribution in [0.25, 0.3) is 0 Å². The third-order valence-corrected chi connectivity index (χ3v) is 8.52. The Balaban J connectivity index is 1.53. The Morgan fingerprint density at radius 2 is 1.79 bits per heavy atom. The molecule has 1 aromatic carbocycles. The Kier molecular flexibility index (Phi) is 9.49. The van der Waals surface area contributed by atoms with E-state index in [0.29, 0.717) is 38.6 Å². The first-order chi connectivity index (χ1) is 19.8. The standard InChI is InChI=1S/C29H41N5O7S/c1-28(2,3)31-27(38)41-23-17-11-6-4-5-8-13-20-19-29(20,30-24(35)22-16-12-18-34(22)25(23)36)26(37)33-42(39,40)32-21-14-9-7-10-15-21/h7-10,13-15,20,22-23,32H,4-6,11-12,16-19H2,1-3H3,(H,30,35)(H,31,38)(H,33,37)/t20-,22+,23+,29-/m1/s1. The minimum Gasteiger partial charge on any atom is -0.436 e. The normalized spacial score (nSPS) is 26.9. The van der Waals surface area contributed by atoms with Gasteiger partial charge in [0.25, 0.3) is 11.8 Å². The van der Waals surface area contributed by atoms with Crippen LogP contribution in [0.3, 0.4) is 0 Å². The summed E-state index contributed by atoms with van der Waals surface area (Å²) in [4.78, 5) is 54.6. The van der Waals surface area contributed by atoms with Crippen molar-refractivity contribution in [1.82, 2.24) is 20.3 Å². The highest BCUT2D eigenvalue weighted by atomic mass is 32.2. The first-order valence-corrected chi connectivity index (χ1v) is 16.0. The van der Waals surface area contributed by atoms with E-state index in [9.17, 15) is 27.6 Å². The average Bonchev–Trinajstić information content (AvgIpc) is 3.35. The SMILES string of the molecule is CC(C)(C)NC(=O)O[C@H]1CCCCCC=C[C@@H]2C[C@@]2(C(=O)NS(=O)(=O)Nc2ccccc2)NC(=O)[C@@H]2CCCN2C1=O. The van der Waals surface area contributed by atoms with Gasteiger partial charge in [-0.1, -0.05) is 36.8 Å². The molecule has 4 amide bonds. The second-order valence-electron chi connectivity index (χ2n) is 12.2. The third kappa shape index (κ3) is 8.02. The van der Waals surface area contributed by atoms with Crippen LogP contribution in [-0.4, -0.2) is 66.9 Å². The van der Waals surface area contributed by atoms with Crippen LogP contribution in [0.4, 0.5) is 10.5 Å². The first kappa shape index (κ1) is 31.3. The number of nitrogens with zero attached hydrogens (tertiary/aromatic N) is 1. The Morgan fingerprint density at radius 3 is 2.50 bits per heavy atom. The fourth-order valence-corrected chi connectivity index (χ4v) is 6.32. The van der Waals surface area contributed by atoms with Crippen LogP contribution in [0.15, 0.2) is 42.5 Å². The number of para-hydroxylation sites is 1. The van der Waals surface area contributed by atoms with Gasteiger partial charge in [-0.15, -0.1) is 0 Å². The molecule has 2 aliphatic heterocycles. The molecule has 0 bridgehead atoms. The fourth-order valence-electron chi connectivity index (χ4n) is 5.40. The van der Waals surface area contributed by atoms with Crippen LogP contribution in [0.5, 0.6) is 0 Å². The average molecular weight is 604 g/mol. The van der Waals surface area contributed by atoms with Gasteiger partial charge in [-0.25, -0.2) is 9.52 Å². The van der Waals surface area contributed by atoms with Crippen LogP contribution in [-0.2, 0) is 29.3 Å². The number of carbonyl (C=O) groups is 4. The van der Waals surface area contributed by atoms with Crippen molar-refractivity contribution in [2.24, 2.45) is 5.92 Å². The van der Waals surface area contributed by atoms with Crippen molar-refractivity contribution in [3.63, 3.8) is 0 Å². The Bertz CT molecular complexity index is 1310. The molecule has 230 valence electrons. The zero-order chi connectivity index (χ0) is 30.5. The largest absolute Gasteiger partial charge is 0.436 e. The zero-order valence-electron chi connectivity index (χ0n) is 24.4. The van der Waals surface area contributed by atoms with Gasteiger partial charge in [-0.3, -0.25) is 19.1 Å². The van der Waals surface area contributed by atoms with Crippen LogP contribution < -0.4 is 20.1 Å². The summed E-state index contributed by atoms with van der Waals surface area (Å²) in [6, 6.07) is 7.25. The van der Waals surface area contributed by atoms with E-state index >= 15 is 0 Å². The smallest absolute Gasteiger partial charge is 0.408 e. The highest BCUT2D eigenvalue weighted by molar-refractivity contribution is 7.91. The van der Waals surface area contributed by atoms with Crippen molar-refractivity contribution in [3.05, 3.63) is 42.5 Å². The maximum Gasteiger partial charge on any atom is 0.408 e. The van der Waals surface area contributed by atoms with Crippen LogP contribution in [0.1, 0.15) is 72.1 Å². The summed E-state index contributed by atoms with van der Waals surface area (Å²) in [6.07, 6.45) is 6.45. The lowest BCUT2D eigenvalue weighted by molar-refractivity contribution is -0.146. The molecule has 1 aliphatic carbocycles. The number of hydrogen-bond acceptors (Lipinski definition) is 7. The summed E-state index contributed by atoms with van der Waals surface area (Å²) >= 11 is 0. The molecule has 1 saturated carbocycles. The van der Waals surface area contributed by atoms with Gasteiger partial charge in [0.15, 0.2) is 6.10 Å². The molecule has 1 aromatic rings. The number of carbonyl (C=O) groups excluding carboxylic acids is 4. The fraction of sp³-hybridized carbons (Fsp3) is 0.586. The van der Waals surface area contributed by atoms with Crippen molar-refractivity contribution in [2.45, 2.75) is 95.4 Å². The number of anilines is 1. The number of fused-ring (bicyclic) bond motifs is 2. The molecule has 1 saturated heterocycles. The highest BCUT2D eigenvalue weighted by Crippen LogP contribution is 2.45. The Hall–Kier alpha value is -3.61. The minimum atomic E-state index is -4.28. The number of allylic oxidation sites excluding steroid dienone is 1. The number of alkyl carbamates (subject to hydrolysis) is 1. The zero-order valence-corrected chi connectivity index (χ0v) is 25.2. The minimum absolute atomic E-state index is 0.224. The summed E-state index contributed by atoms with van der Waals surface area (Å²) in [7, 11) is -4.28. The van der Waals surface area contributed by atoms with E-state index in [1.807, 2.05) is 12.2 Å². The predicted octanol–water partition coefficient (Wildman–Crippen LogP) is 2.74. The lowest BCUT2D eigenvalue weighted by atomic mass is 10.1. The van der Waals surface area contributed by atoms with Crippen molar-refractivity contribution in [1.29, 1.82) is 0 Å². The van der Waals surface area contributed by atoms with Gasteiger partial charge < -0.3 is 20.3 Å². The van der Waals surface area contributed by atoms with Crippen LogP contribution >= 0.6 is 0 Å². The van der Waals surface area contributed by atoms with Gasteiger partial charge in [0.05, 0.1) is 5.69 Å². The Morgan fingerprint density at radius 1 is 1.05 bits per heavy atom. The summed E-state index contributed by atoms with van der Waals surface area (Å²) < 4.78 is 35.5. The maximum absolute atomic E-state index is 13.6. The van der Waals surface area contributed by atoms with E-state index in [1.165, 1.54) is 4.90 Å². The number of rotatable bonds is 5. The van der Waals surface area contributed by atoms with E-state index in [2.05, 4.69) is 20.1 Å². The highest BCUT2D eigenvalue weighted by Gasteiger charge is 2.61. The quantitative estimate of drug-likeness (QED) is 0.376. The second-order valence-corrected chi connectivity index (χ2v) is 13.6. The number of hydrogen-bond donors (Lipinski definition) is 4. The Labute approximate surface area is 247 Å². The molecule has 0 radical (unpaired) electrons. The number of amides is 4. The van der Waals surface area contributed by atoms with E-state index in [-0.39, 0.29) is 12.1 Å². The maximum atomic E-state index is 13.6. The van der Waals surface area contributed by atoms with Crippen LogP contribution in [0, 0.1) is 5.92 Å². The molecule has 0 spiro atoms. The monoisotopic (exact) mass is 603 g/mol. The summed E-state index contributed by atoms with van der Waals surface area (Å²) in [5, 5.41) is 5.51. The number of nitrogens with one attached hydrogen (secondary N) is 4. The topological polar surface area (TPSA) is 163 Å². The molecule has 0 aromatic heterocycles. The third-order valence-electron chi connectivity index (χ3n) is 7.57.